The Labute approximate surface area is 114 Å². The third-order valence-corrected chi connectivity index (χ3v) is 3.92. The predicted octanol–water partition coefficient (Wildman–Crippen LogP) is 4.61. The Bertz CT molecular complexity index is 708. The van der Waals surface area contributed by atoms with Crippen LogP contribution in [0.2, 0.25) is 0 Å². The molecule has 0 amide bonds. The van der Waals surface area contributed by atoms with E-state index in [1.165, 1.54) is 6.07 Å². The molecule has 4 heteroatoms. The lowest BCUT2D eigenvalue weighted by Crippen LogP contribution is -2.08. The highest BCUT2D eigenvalue weighted by atomic mass is 32.1. The fourth-order valence-corrected chi connectivity index (χ4v) is 2.78. The second kappa shape index (κ2) is 4.97. The molecule has 0 aliphatic heterocycles. The molecule has 0 aliphatic carbocycles. The van der Waals surface area contributed by atoms with Crippen molar-refractivity contribution >= 4 is 27.2 Å². The van der Waals surface area contributed by atoms with E-state index >= 15 is 0 Å². The first-order valence-electron chi connectivity index (χ1n) is 6.08. The minimum absolute atomic E-state index is 0.0101. The summed E-state index contributed by atoms with van der Waals surface area (Å²) in [5.41, 5.74) is 2.58. The highest BCUT2D eigenvalue weighted by molar-refractivity contribution is 7.17. The van der Waals surface area contributed by atoms with Crippen LogP contribution in [-0.4, -0.2) is 4.98 Å². The van der Waals surface area contributed by atoms with Crippen molar-refractivity contribution in [2.45, 2.75) is 13.0 Å². The average Bonchev–Trinajstić information content (AvgIpc) is 2.88. The van der Waals surface area contributed by atoms with Crippen LogP contribution in [0.15, 0.2) is 48.0 Å². The SMILES string of the molecule is CC(Nc1ccccc1F)c1cnc2ccsc2c1. The number of anilines is 1. The lowest BCUT2D eigenvalue weighted by Gasteiger charge is -2.15. The van der Waals surface area contributed by atoms with Crippen molar-refractivity contribution in [1.82, 2.24) is 4.98 Å². The zero-order chi connectivity index (χ0) is 13.2. The Hall–Kier alpha value is -1.94. The Morgan fingerprint density at radius 1 is 1.26 bits per heavy atom. The molecule has 0 fully saturated rings. The van der Waals surface area contributed by atoms with Gasteiger partial charge in [0.05, 0.1) is 21.9 Å². The molecule has 2 nitrogen and oxygen atoms in total. The minimum atomic E-state index is -0.237. The first kappa shape index (κ1) is 12.1. The number of thiophene rings is 1. The fraction of sp³-hybridized carbons (Fsp3) is 0.133. The number of fused-ring (bicyclic) bond motifs is 1. The maximum Gasteiger partial charge on any atom is 0.146 e. The van der Waals surface area contributed by atoms with E-state index in [2.05, 4.69) is 16.4 Å². The van der Waals surface area contributed by atoms with Crippen LogP contribution in [0.5, 0.6) is 0 Å². The van der Waals surface area contributed by atoms with Gasteiger partial charge in [-0.1, -0.05) is 12.1 Å². The summed E-state index contributed by atoms with van der Waals surface area (Å²) >= 11 is 1.66. The molecule has 3 rings (SSSR count). The van der Waals surface area contributed by atoms with Crippen LogP contribution in [0, 0.1) is 5.82 Å². The van der Waals surface area contributed by atoms with E-state index in [1.807, 2.05) is 30.6 Å². The van der Waals surface area contributed by atoms with Crippen LogP contribution in [0.25, 0.3) is 10.2 Å². The fourth-order valence-electron chi connectivity index (χ4n) is 1.99. The maximum absolute atomic E-state index is 13.6. The number of nitrogens with one attached hydrogen (secondary N) is 1. The Morgan fingerprint density at radius 3 is 2.95 bits per heavy atom. The van der Waals surface area contributed by atoms with Crippen molar-refractivity contribution in [3.63, 3.8) is 0 Å². The largest absolute Gasteiger partial charge is 0.376 e. The van der Waals surface area contributed by atoms with Crippen molar-refractivity contribution in [3.05, 3.63) is 59.4 Å². The van der Waals surface area contributed by atoms with Gasteiger partial charge in [0.2, 0.25) is 0 Å². The van der Waals surface area contributed by atoms with E-state index in [4.69, 9.17) is 0 Å². The van der Waals surface area contributed by atoms with Crippen LogP contribution in [0.1, 0.15) is 18.5 Å². The molecular weight excluding hydrogens is 259 g/mol. The number of hydrogen-bond donors (Lipinski definition) is 1. The quantitative estimate of drug-likeness (QED) is 0.753. The van der Waals surface area contributed by atoms with Gasteiger partial charge < -0.3 is 5.32 Å². The smallest absolute Gasteiger partial charge is 0.146 e. The number of benzene rings is 1. The van der Waals surface area contributed by atoms with Gasteiger partial charge in [0.25, 0.3) is 0 Å². The molecule has 2 aromatic heterocycles. The van der Waals surface area contributed by atoms with Gasteiger partial charge in [-0.3, -0.25) is 4.98 Å². The van der Waals surface area contributed by atoms with Gasteiger partial charge in [0.15, 0.2) is 0 Å². The Kier molecular flexibility index (Phi) is 3.17. The van der Waals surface area contributed by atoms with Gasteiger partial charge >= 0.3 is 0 Å². The van der Waals surface area contributed by atoms with Crippen molar-refractivity contribution in [2.75, 3.05) is 5.32 Å². The molecule has 1 aromatic carbocycles. The van der Waals surface area contributed by atoms with Crippen molar-refractivity contribution in [3.8, 4) is 0 Å². The Morgan fingerprint density at radius 2 is 2.11 bits per heavy atom. The third-order valence-electron chi connectivity index (χ3n) is 3.07. The van der Waals surface area contributed by atoms with Gasteiger partial charge in [-0.05, 0) is 42.1 Å². The van der Waals surface area contributed by atoms with E-state index in [9.17, 15) is 4.39 Å². The third kappa shape index (κ3) is 2.44. The summed E-state index contributed by atoms with van der Waals surface area (Å²) in [4.78, 5) is 4.40. The standard InChI is InChI=1S/C15H13FN2S/c1-10(18-13-5-3-2-4-12(13)16)11-8-15-14(17-9-11)6-7-19-15/h2-10,18H,1H3. The highest BCUT2D eigenvalue weighted by Crippen LogP contribution is 2.25. The highest BCUT2D eigenvalue weighted by Gasteiger charge is 2.09. The summed E-state index contributed by atoms with van der Waals surface area (Å²) in [7, 11) is 0. The van der Waals surface area contributed by atoms with Crippen LogP contribution in [0.3, 0.4) is 0 Å². The van der Waals surface area contributed by atoms with E-state index in [-0.39, 0.29) is 11.9 Å². The van der Waals surface area contributed by atoms with Crippen molar-refractivity contribution < 1.29 is 4.39 Å². The number of para-hydroxylation sites is 1. The number of halogens is 1. The van der Waals surface area contributed by atoms with Crippen LogP contribution < -0.4 is 5.32 Å². The molecule has 3 aromatic rings. The van der Waals surface area contributed by atoms with Crippen LogP contribution in [-0.2, 0) is 0 Å². The Balaban J connectivity index is 1.87. The van der Waals surface area contributed by atoms with Gasteiger partial charge in [-0.15, -0.1) is 11.3 Å². The van der Waals surface area contributed by atoms with Gasteiger partial charge in [0.1, 0.15) is 5.82 Å². The van der Waals surface area contributed by atoms with Crippen LogP contribution in [0.4, 0.5) is 10.1 Å². The summed E-state index contributed by atoms with van der Waals surface area (Å²) in [5, 5.41) is 5.20. The molecule has 0 aliphatic rings. The van der Waals surface area contributed by atoms with Gasteiger partial charge in [0, 0.05) is 6.20 Å². The van der Waals surface area contributed by atoms with E-state index in [1.54, 1.807) is 23.5 Å². The zero-order valence-corrected chi connectivity index (χ0v) is 11.2. The maximum atomic E-state index is 13.6. The molecule has 19 heavy (non-hydrogen) atoms. The second-order valence-electron chi connectivity index (χ2n) is 4.42. The molecule has 0 bridgehead atoms. The summed E-state index contributed by atoms with van der Waals surface area (Å²) in [6.45, 7) is 2.00. The van der Waals surface area contributed by atoms with Crippen molar-refractivity contribution in [1.29, 1.82) is 0 Å². The summed E-state index contributed by atoms with van der Waals surface area (Å²) in [6.07, 6.45) is 1.84. The average molecular weight is 272 g/mol. The molecule has 1 N–H and O–H groups in total. The summed E-state index contributed by atoms with van der Waals surface area (Å²) < 4.78 is 14.7. The molecule has 1 atom stereocenters. The van der Waals surface area contributed by atoms with E-state index < -0.39 is 0 Å². The first-order valence-corrected chi connectivity index (χ1v) is 6.96. The zero-order valence-electron chi connectivity index (χ0n) is 10.4. The molecule has 1 unspecified atom stereocenters. The normalized spacial score (nSPS) is 12.5. The van der Waals surface area contributed by atoms with E-state index in [0.29, 0.717) is 5.69 Å². The minimum Gasteiger partial charge on any atom is -0.376 e. The lowest BCUT2D eigenvalue weighted by atomic mass is 10.1. The number of aromatic nitrogens is 1. The first-order chi connectivity index (χ1) is 9.24. The molecule has 2 heterocycles. The second-order valence-corrected chi connectivity index (χ2v) is 5.37. The molecule has 0 radical (unpaired) electrons. The number of rotatable bonds is 3. The molecular formula is C15H13FN2S. The van der Waals surface area contributed by atoms with Gasteiger partial charge in [-0.2, -0.15) is 0 Å². The number of nitrogens with zero attached hydrogens (tertiary/aromatic N) is 1. The molecule has 0 spiro atoms. The van der Waals surface area contributed by atoms with E-state index in [0.717, 1.165) is 15.8 Å². The van der Waals surface area contributed by atoms with Gasteiger partial charge in [-0.25, -0.2) is 4.39 Å². The van der Waals surface area contributed by atoms with Crippen molar-refractivity contribution in [2.24, 2.45) is 0 Å². The summed E-state index contributed by atoms with van der Waals surface area (Å²) in [5.74, 6) is -0.237. The molecule has 96 valence electrons. The number of hydrogen-bond acceptors (Lipinski definition) is 3. The lowest BCUT2D eigenvalue weighted by molar-refractivity contribution is 0.627. The van der Waals surface area contributed by atoms with Crippen LogP contribution >= 0.6 is 11.3 Å². The summed E-state index contributed by atoms with van der Waals surface area (Å²) in [6, 6.07) is 10.8. The topological polar surface area (TPSA) is 24.9 Å². The molecule has 0 saturated carbocycles. The predicted molar refractivity (Wildman–Crippen MR) is 78.1 cm³/mol. The number of pyridine rings is 1. The monoisotopic (exact) mass is 272 g/mol. The molecule has 0 saturated heterocycles.